The number of likely N-dealkylation sites (N-methyl/N-ethyl adjacent to an activating group) is 1. The lowest BCUT2D eigenvalue weighted by atomic mass is 10.2. The van der Waals surface area contributed by atoms with Crippen molar-refractivity contribution in [2.24, 2.45) is 5.92 Å². The average Bonchev–Trinajstić information content (AvgIpc) is 3.37. The number of hydrogen-bond donors (Lipinski definition) is 1. The number of rotatable bonds is 6. The second-order valence-corrected chi connectivity index (χ2v) is 7.49. The Hall–Kier alpha value is -2.28. The van der Waals surface area contributed by atoms with Crippen LogP contribution in [0.1, 0.15) is 25.7 Å². The normalized spacial score (nSPS) is 18.9. The fraction of sp³-hybridized carbons (Fsp3) is 0.526. The standard InChI is InChI=1S/C19H24ClN3O4/c1-22(11-17(24)21-14-10-13(20)7-8-16(14)27-2)19(26)15-4-3-9-23(15)18(25)12-5-6-12/h7-8,10,12,15H,3-6,9,11H2,1-2H3,(H,21,24). The first kappa shape index (κ1) is 19.5. The highest BCUT2D eigenvalue weighted by Crippen LogP contribution is 2.34. The van der Waals surface area contributed by atoms with Gasteiger partial charge in [-0.25, -0.2) is 0 Å². The molecule has 3 rings (SSSR count). The van der Waals surface area contributed by atoms with Gasteiger partial charge in [0.15, 0.2) is 0 Å². The third-order valence-electron chi connectivity index (χ3n) is 4.94. The molecule has 1 N–H and O–H groups in total. The van der Waals surface area contributed by atoms with Crippen LogP contribution >= 0.6 is 11.6 Å². The van der Waals surface area contributed by atoms with Crippen LogP contribution < -0.4 is 10.1 Å². The molecule has 7 nitrogen and oxygen atoms in total. The lowest BCUT2D eigenvalue weighted by molar-refractivity contribution is -0.144. The second kappa shape index (κ2) is 8.17. The molecule has 2 aliphatic rings. The van der Waals surface area contributed by atoms with Gasteiger partial charge in [0.25, 0.3) is 0 Å². The highest BCUT2D eigenvalue weighted by molar-refractivity contribution is 6.31. The summed E-state index contributed by atoms with van der Waals surface area (Å²) in [5.74, 6) is 0.0904. The number of carbonyl (C=O) groups excluding carboxylic acids is 3. The van der Waals surface area contributed by atoms with Crippen LogP contribution in [-0.4, -0.2) is 60.8 Å². The zero-order valence-corrected chi connectivity index (χ0v) is 16.3. The fourth-order valence-electron chi connectivity index (χ4n) is 3.37. The molecule has 1 heterocycles. The van der Waals surface area contributed by atoms with Gasteiger partial charge >= 0.3 is 0 Å². The largest absolute Gasteiger partial charge is 0.495 e. The maximum Gasteiger partial charge on any atom is 0.245 e. The monoisotopic (exact) mass is 393 g/mol. The molecule has 0 bridgehead atoms. The quantitative estimate of drug-likeness (QED) is 0.803. The number of likely N-dealkylation sites (tertiary alicyclic amines) is 1. The summed E-state index contributed by atoms with van der Waals surface area (Å²) < 4.78 is 5.21. The van der Waals surface area contributed by atoms with Gasteiger partial charge in [-0.05, 0) is 43.9 Å². The van der Waals surface area contributed by atoms with Crippen LogP contribution in [0.15, 0.2) is 18.2 Å². The summed E-state index contributed by atoms with van der Waals surface area (Å²) in [5, 5.41) is 3.19. The summed E-state index contributed by atoms with van der Waals surface area (Å²) in [6.07, 6.45) is 3.28. The Bertz CT molecular complexity index is 750. The van der Waals surface area contributed by atoms with Gasteiger partial charge in [-0.1, -0.05) is 11.6 Å². The third-order valence-corrected chi connectivity index (χ3v) is 5.18. The Labute approximate surface area is 163 Å². The van der Waals surface area contributed by atoms with Crippen LogP contribution in [0.5, 0.6) is 5.75 Å². The van der Waals surface area contributed by atoms with Gasteiger partial charge in [-0.2, -0.15) is 0 Å². The minimum absolute atomic E-state index is 0.0763. The van der Waals surface area contributed by atoms with Gasteiger partial charge in [0.1, 0.15) is 11.8 Å². The van der Waals surface area contributed by atoms with Crippen LogP contribution in [-0.2, 0) is 14.4 Å². The highest BCUT2D eigenvalue weighted by Gasteiger charge is 2.41. The summed E-state index contributed by atoms with van der Waals surface area (Å²) in [5.41, 5.74) is 0.447. The van der Waals surface area contributed by atoms with E-state index in [0.29, 0.717) is 29.4 Å². The molecule has 1 aliphatic carbocycles. The minimum Gasteiger partial charge on any atom is -0.495 e. The Morgan fingerprint density at radius 1 is 1.30 bits per heavy atom. The van der Waals surface area contributed by atoms with Crippen LogP contribution in [0.2, 0.25) is 5.02 Å². The number of benzene rings is 1. The van der Waals surface area contributed by atoms with Crippen molar-refractivity contribution in [3.63, 3.8) is 0 Å². The summed E-state index contributed by atoms with van der Waals surface area (Å²) in [4.78, 5) is 40.6. The number of methoxy groups -OCH3 is 1. The second-order valence-electron chi connectivity index (χ2n) is 7.05. The smallest absolute Gasteiger partial charge is 0.245 e. The van der Waals surface area contributed by atoms with E-state index in [4.69, 9.17) is 16.3 Å². The molecule has 0 spiro atoms. The van der Waals surface area contributed by atoms with Crippen molar-refractivity contribution in [3.05, 3.63) is 23.2 Å². The number of halogens is 1. The first-order chi connectivity index (χ1) is 12.9. The van der Waals surface area contributed by atoms with E-state index in [1.165, 1.54) is 12.0 Å². The van der Waals surface area contributed by atoms with Crippen molar-refractivity contribution in [1.82, 2.24) is 9.80 Å². The summed E-state index contributed by atoms with van der Waals surface area (Å²) in [6.45, 7) is 0.502. The van der Waals surface area contributed by atoms with E-state index in [9.17, 15) is 14.4 Å². The molecule has 8 heteroatoms. The number of nitrogens with zero attached hydrogens (tertiary/aromatic N) is 2. The van der Waals surface area contributed by atoms with Gasteiger partial charge in [0.2, 0.25) is 17.7 Å². The molecule has 3 amide bonds. The molecular formula is C19H24ClN3O4. The molecule has 27 heavy (non-hydrogen) atoms. The molecule has 0 radical (unpaired) electrons. The van der Waals surface area contributed by atoms with E-state index >= 15 is 0 Å². The predicted molar refractivity (Wildman–Crippen MR) is 102 cm³/mol. The number of ether oxygens (including phenoxy) is 1. The Kier molecular flexibility index (Phi) is 5.89. The first-order valence-corrected chi connectivity index (χ1v) is 9.47. The Morgan fingerprint density at radius 3 is 2.70 bits per heavy atom. The van der Waals surface area contributed by atoms with Gasteiger partial charge in [-0.3, -0.25) is 14.4 Å². The molecule has 1 aromatic rings. The van der Waals surface area contributed by atoms with Crippen LogP contribution in [0.25, 0.3) is 0 Å². The maximum absolute atomic E-state index is 12.8. The van der Waals surface area contributed by atoms with Crippen molar-refractivity contribution >= 4 is 35.0 Å². The van der Waals surface area contributed by atoms with Crippen LogP contribution in [0.3, 0.4) is 0 Å². The van der Waals surface area contributed by atoms with Crippen LogP contribution in [0.4, 0.5) is 5.69 Å². The van der Waals surface area contributed by atoms with E-state index in [0.717, 1.165) is 19.3 Å². The van der Waals surface area contributed by atoms with Crippen molar-refractivity contribution in [2.45, 2.75) is 31.7 Å². The summed E-state index contributed by atoms with van der Waals surface area (Å²) >= 11 is 5.97. The summed E-state index contributed by atoms with van der Waals surface area (Å²) in [7, 11) is 3.08. The molecule has 1 unspecified atom stereocenters. The zero-order valence-electron chi connectivity index (χ0n) is 15.5. The third kappa shape index (κ3) is 4.53. The lowest BCUT2D eigenvalue weighted by Crippen LogP contribution is -2.48. The SMILES string of the molecule is COc1ccc(Cl)cc1NC(=O)CN(C)C(=O)C1CCCN1C(=O)C1CC1. The van der Waals surface area contributed by atoms with Gasteiger partial charge < -0.3 is 19.9 Å². The minimum atomic E-state index is -0.461. The molecule has 0 aromatic heterocycles. The molecule has 1 aliphatic heterocycles. The van der Waals surface area contributed by atoms with E-state index < -0.39 is 6.04 Å². The summed E-state index contributed by atoms with van der Waals surface area (Å²) in [6, 6.07) is 4.45. The number of nitrogens with one attached hydrogen (secondary N) is 1. The highest BCUT2D eigenvalue weighted by atomic mass is 35.5. The molecular weight excluding hydrogens is 370 g/mol. The molecule has 146 valence electrons. The van der Waals surface area contributed by atoms with Gasteiger partial charge in [0.05, 0.1) is 19.3 Å². The fourth-order valence-corrected chi connectivity index (χ4v) is 3.54. The van der Waals surface area contributed by atoms with E-state index in [1.807, 2.05) is 0 Å². The van der Waals surface area contributed by atoms with Crippen molar-refractivity contribution < 1.29 is 19.1 Å². The van der Waals surface area contributed by atoms with Crippen molar-refractivity contribution in [2.75, 3.05) is 32.6 Å². The lowest BCUT2D eigenvalue weighted by Gasteiger charge is -2.28. The van der Waals surface area contributed by atoms with Crippen LogP contribution in [0, 0.1) is 5.92 Å². The molecule has 1 aromatic carbocycles. The van der Waals surface area contributed by atoms with Gasteiger partial charge in [0, 0.05) is 24.5 Å². The molecule has 1 saturated carbocycles. The number of carbonyl (C=O) groups is 3. The first-order valence-electron chi connectivity index (χ1n) is 9.09. The van der Waals surface area contributed by atoms with Gasteiger partial charge in [-0.15, -0.1) is 0 Å². The molecule has 2 fully saturated rings. The van der Waals surface area contributed by atoms with Crippen molar-refractivity contribution in [1.29, 1.82) is 0 Å². The van der Waals surface area contributed by atoms with Crippen molar-refractivity contribution in [3.8, 4) is 5.75 Å². The molecule has 1 saturated heterocycles. The average molecular weight is 394 g/mol. The predicted octanol–water partition coefficient (Wildman–Crippen LogP) is 2.15. The number of anilines is 1. The molecule has 1 atom stereocenters. The zero-order chi connectivity index (χ0) is 19.6. The van der Waals surface area contributed by atoms with E-state index in [-0.39, 0.29) is 30.2 Å². The number of hydrogen-bond acceptors (Lipinski definition) is 4. The Morgan fingerprint density at radius 2 is 2.04 bits per heavy atom. The Balaban J connectivity index is 1.60. The van der Waals surface area contributed by atoms with E-state index in [1.54, 1.807) is 30.1 Å². The van der Waals surface area contributed by atoms with E-state index in [2.05, 4.69) is 5.32 Å². The number of amides is 3. The maximum atomic E-state index is 12.8. The topological polar surface area (TPSA) is 79.0 Å².